The lowest BCUT2D eigenvalue weighted by molar-refractivity contribution is 0.0697. The van der Waals surface area contributed by atoms with Crippen LogP contribution in [0.4, 0.5) is 0 Å². The largest absolute Gasteiger partial charge is 0.478 e. The number of nitrogens with zero attached hydrogens (tertiary/aromatic N) is 2. The van der Waals surface area contributed by atoms with Gasteiger partial charge in [-0.2, -0.15) is 0 Å². The van der Waals surface area contributed by atoms with Crippen LogP contribution in [-0.4, -0.2) is 41.1 Å². The van der Waals surface area contributed by atoms with Gasteiger partial charge in [0.15, 0.2) is 0 Å². The molecule has 1 N–H and O–H groups in total. The van der Waals surface area contributed by atoms with E-state index in [-0.39, 0.29) is 0 Å². The summed E-state index contributed by atoms with van der Waals surface area (Å²) in [5.41, 5.74) is 3.29. The van der Waals surface area contributed by atoms with Gasteiger partial charge in [0.2, 0.25) is 0 Å². The average Bonchev–Trinajstić information content (AvgIpc) is 2.57. The Morgan fingerprint density at radius 1 is 1.17 bits per heavy atom. The highest BCUT2D eigenvalue weighted by Gasteiger charge is 2.17. The Morgan fingerprint density at radius 3 is 2.52 bits per heavy atom. The van der Waals surface area contributed by atoms with Crippen molar-refractivity contribution in [1.82, 2.24) is 9.88 Å². The Labute approximate surface area is 136 Å². The van der Waals surface area contributed by atoms with E-state index in [1.807, 2.05) is 24.3 Å². The molecule has 1 aromatic heterocycles. The zero-order chi connectivity index (χ0) is 16.2. The Bertz CT molecular complexity index is 674. The fourth-order valence-corrected chi connectivity index (χ4v) is 3.10. The molecule has 0 atom stereocenters. The van der Waals surface area contributed by atoms with Crippen molar-refractivity contribution in [2.75, 3.05) is 20.1 Å². The van der Waals surface area contributed by atoms with Gasteiger partial charge in [0.1, 0.15) is 0 Å². The molecule has 120 valence electrons. The number of hydrogen-bond acceptors (Lipinski definition) is 3. The molecule has 1 aromatic carbocycles. The molecule has 0 saturated carbocycles. The van der Waals surface area contributed by atoms with Gasteiger partial charge in [-0.25, -0.2) is 4.79 Å². The highest BCUT2D eigenvalue weighted by molar-refractivity contribution is 5.88. The van der Waals surface area contributed by atoms with Crippen molar-refractivity contribution in [3.63, 3.8) is 0 Å². The predicted octanol–water partition coefficient (Wildman–Crippen LogP) is 3.33. The Balaban J connectivity index is 1.73. The normalized spacial score (nSPS) is 16.4. The van der Waals surface area contributed by atoms with E-state index >= 15 is 0 Å². The van der Waals surface area contributed by atoms with Crippen molar-refractivity contribution in [1.29, 1.82) is 0 Å². The van der Waals surface area contributed by atoms with Gasteiger partial charge < -0.3 is 10.0 Å². The van der Waals surface area contributed by atoms with Gasteiger partial charge in [-0.15, -0.1) is 0 Å². The maximum Gasteiger partial charge on any atom is 0.335 e. The second kappa shape index (κ2) is 6.92. The van der Waals surface area contributed by atoms with E-state index < -0.39 is 5.97 Å². The lowest BCUT2D eigenvalue weighted by Crippen LogP contribution is -2.31. The number of likely N-dealkylation sites (tertiary alicyclic amines) is 1. The molecule has 0 radical (unpaired) electrons. The number of benzene rings is 1. The van der Waals surface area contributed by atoms with Crippen molar-refractivity contribution < 1.29 is 9.90 Å². The van der Waals surface area contributed by atoms with Crippen LogP contribution in [0, 0.1) is 5.92 Å². The molecule has 4 heteroatoms. The number of piperidine rings is 1. The molecule has 0 bridgehead atoms. The first kappa shape index (κ1) is 15.7. The zero-order valence-corrected chi connectivity index (χ0v) is 13.4. The molecule has 2 aromatic rings. The van der Waals surface area contributed by atoms with E-state index in [0.29, 0.717) is 11.5 Å². The van der Waals surface area contributed by atoms with Gasteiger partial charge in [-0.1, -0.05) is 18.2 Å². The van der Waals surface area contributed by atoms with Crippen LogP contribution in [0.2, 0.25) is 0 Å². The summed E-state index contributed by atoms with van der Waals surface area (Å²) in [5.74, 6) is -0.191. The third-order valence-corrected chi connectivity index (χ3v) is 4.57. The summed E-state index contributed by atoms with van der Waals surface area (Å²) < 4.78 is 0. The summed E-state index contributed by atoms with van der Waals surface area (Å²) in [5, 5.41) is 8.97. The second-order valence-corrected chi connectivity index (χ2v) is 6.35. The zero-order valence-electron chi connectivity index (χ0n) is 13.4. The summed E-state index contributed by atoms with van der Waals surface area (Å²) in [7, 11) is 2.18. The number of carbonyl (C=O) groups is 1. The predicted molar refractivity (Wildman–Crippen MR) is 90.6 cm³/mol. The van der Waals surface area contributed by atoms with E-state index in [1.165, 1.54) is 25.9 Å². The van der Waals surface area contributed by atoms with Crippen molar-refractivity contribution in [3.05, 3.63) is 53.7 Å². The van der Waals surface area contributed by atoms with Gasteiger partial charge in [0.05, 0.1) is 11.3 Å². The summed E-state index contributed by atoms with van der Waals surface area (Å²) in [6, 6.07) is 13.0. The SMILES string of the molecule is CN1CCC(Cc2cccc(-c3ccc(C(=O)O)cc3)n2)CC1. The number of carboxylic acid groups (broad SMARTS) is 1. The standard InChI is InChI=1S/C19H22N2O2/c1-21-11-9-14(10-12-21)13-17-3-2-4-18(20-17)15-5-7-16(8-6-15)19(22)23/h2-8,14H,9-13H2,1H3,(H,22,23). The fraction of sp³-hybridized carbons (Fsp3) is 0.368. The number of carboxylic acids is 1. The van der Waals surface area contributed by atoms with Gasteiger partial charge in [0, 0.05) is 11.3 Å². The smallest absolute Gasteiger partial charge is 0.335 e. The first-order valence-corrected chi connectivity index (χ1v) is 8.10. The number of pyridine rings is 1. The molecule has 3 rings (SSSR count). The summed E-state index contributed by atoms with van der Waals surface area (Å²) >= 11 is 0. The van der Waals surface area contributed by atoms with Crippen LogP contribution in [0.5, 0.6) is 0 Å². The minimum absolute atomic E-state index is 0.302. The monoisotopic (exact) mass is 310 g/mol. The number of rotatable bonds is 4. The van der Waals surface area contributed by atoms with E-state index in [4.69, 9.17) is 10.1 Å². The van der Waals surface area contributed by atoms with Crippen LogP contribution in [0.1, 0.15) is 28.9 Å². The third-order valence-electron chi connectivity index (χ3n) is 4.57. The molecular weight excluding hydrogens is 288 g/mol. The molecule has 1 saturated heterocycles. The van der Waals surface area contributed by atoms with Crippen LogP contribution in [0.3, 0.4) is 0 Å². The first-order chi connectivity index (χ1) is 11.1. The highest BCUT2D eigenvalue weighted by atomic mass is 16.4. The van der Waals surface area contributed by atoms with Crippen molar-refractivity contribution in [2.24, 2.45) is 5.92 Å². The van der Waals surface area contributed by atoms with E-state index in [0.717, 1.165) is 23.4 Å². The van der Waals surface area contributed by atoms with Crippen LogP contribution in [0.25, 0.3) is 11.3 Å². The summed E-state index contributed by atoms with van der Waals surface area (Å²) in [4.78, 5) is 18.1. The number of aromatic nitrogens is 1. The minimum atomic E-state index is -0.902. The number of hydrogen-bond donors (Lipinski definition) is 1. The van der Waals surface area contributed by atoms with Crippen molar-refractivity contribution >= 4 is 5.97 Å². The fourth-order valence-electron chi connectivity index (χ4n) is 3.10. The van der Waals surface area contributed by atoms with Gasteiger partial charge in [-0.05, 0) is 69.6 Å². The molecule has 0 aliphatic carbocycles. The van der Waals surface area contributed by atoms with E-state index in [1.54, 1.807) is 12.1 Å². The van der Waals surface area contributed by atoms with Crippen LogP contribution >= 0.6 is 0 Å². The van der Waals surface area contributed by atoms with Crippen LogP contribution in [0.15, 0.2) is 42.5 Å². The molecule has 0 unspecified atom stereocenters. The minimum Gasteiger partial charge on any atom is -0.478 e. The molecule has 1 fully saturated rings. The van der Waals surface area contributed by atoms with Crippen LogP contribution < -0.4 is 0 Å². The highest BCUT2D eigenvalue weighted by Crippen LogP contribution is 2.22. The molecule has 4 nitrogen and oxygen atoms in total. The maximum atomic E-state index is 10.9. The Kier molecular flexibility index (Phi) is 4.72. The average molecular weight is 310 g/mol. The topological polar surface area (TPSA) is 53.4 Å². The number of aromatic carboxylic acids is 1. The van der Waals surface area contributed by atoms with Gasteiger partial charge >= 0.3 is 5.97 Å². The molecule has 1 aliphatic rings. The maximum absolute atomic E-state index is 10.9. The molecule has 0 amide bonds. The van der Waals surface area contributed by atoms with E-state index in [2.05, 4.69) is 18.0 Å². The molecular formula is C19H22N2O2. The third kappa shape index (κ3) is 3.96. The molecule has 0 spiro atoms. The Morgan fingerprint density at radius 2 is 1.87 bits per heavy atom. The lowest BCUT2D eigenvalue weighted by Gasteiger charge is -2.28. The summed E-state index contributed by atoms with van der Waals surface area (Å²) in [6.45, 7) is 2.34. The second-order valence-electron chi connectivity index (χ2n) is 6.35. The van der Waals surface area contributed by atoms with Gasteiger partial charge in [-0.3, -0.25) is 4.98 Å². The van der Waals surface area contributed by atoms with E-state index in [9.17, 15) is 4.79 Å². The lowest BCUT2D eigenvalue weighted by atomic mass is 9.92. The summed E-state index contributed by atoms with van der Waals surface area (Å²) in [6.07, 6.45) is 3.49. The Hall–Kier alpha value is -2.20. The van der Waals surface area contributed by atoms with Crippen molar-refractivity contribution in [3.8, 4) is 11.3 Å². The van der Waals surface area contributed by atoms with Crippen LogP contribution in [-0.2, 0) is 6.42 Å². The molecule has 2 heterocycles. The quantitative estimate of drug-likeness (QED) is 0.941. The first-order valence-electron chi connectivity index (χ1n) is 8.10. The van der Waals surface area contributed by atoms with Crippen molar-refractivity contribution in [2.45, 2.75) is 19.3 Å². The molecule has 1 aliphatic heterocycles. The molecule has 23 heavy (non-hydrogen) atoms. The van der Waals surface area contributed by atoms with Gasteiger partial charge in [0.25, 0.3) is 0 Å².